The second kappa shape index (κ2) is 5.28. The average Bonchev–Trinajstić information content (AvgIpc) is 2.89. The molecule has 1 aromatic heterocycles. The Kier molecular flexibility index (Phi) is 3.28. The molecule has 1 saturated carbocycles. The van der Waals surface area contributed by atoms with Crippen LogP contribution in [0.3, 0.4) is 0 Å². The quantitative estimate of drug-likeness (QED) is 0.917. The summed E-state index contributed by atoms with van der Waals surface area (Å²) in [6, 6.07) is 12.8. The molecule has 1 aliphatic carbocycles. The van der Waals surface area contributed by atoms with Crippen LogP contribution < -0.4 is 5.32 Å². The lowest BCUT2D eigenvalue weighted by molar-refractivity contribution is -0.0838. The highest BCUT2D eigenvalue weighted by Gasteiger charge is 2.41. The zero-order valence-electron chi connectivity index (χ0n) is 12.0. The second-order valence-corrected chi connectivity index (χ2v) is 6.27. The van der Waals surface area contributed by atoms with Crippen molar-refractivity contribution in [2.45, 2.75) is 37.3 Å². The van der Waals surface area contributed by atoms with Crippen molar-refractivity contribution < 1.29 is 9.26 Å². The van der Waals surface area contributed by atoms with Gasteiger partial charge in [-0.3, -0.25) is 0 Å². The van der Waals surface area contributed by atoms with Crippen LogP contribution >= 0.6 is 0 Å². The second-order valence-electron chi connectivity index (χ2n) is 6.27. The van der Waals surface area contributed by atoms with Gasteiger partial charge in [-0.2, -0.15) is 0 Å². The van der Waals surface area contributed by atoms with Gasteiger partial charge < -0.3 is 14.6 Å². The molecule has 2 fully saturated rings. The van der Waals surface area contributed by atoms with Gasteiger partial charge in [-0.15, -0.1) is 0 Å². The molecule has 1 saturated heterocycles. The zero-order valence-corrected chi connectivity index (χ0v) is 12.0. The first-order valence-corrected chi connectivity index (χ1v) is 7.70. The van der Waals surface area contributed by atoms with E-state index in [1.165, 1.54) is 19.3 Å². The number of hydrogen-bond donors (Lipinski definition) is 1. The predicted molar refractivity (Wildman–Crippen MR) is 80.0 cm³/mol. The Bertz CT molecular complexity index is 600. The molecule has 0 atom stereocenters. The Morgan fingerprint density at radius 3 is 2.62 bits per heavy atom. The topological polar surface area (TPSA) is 47.3 Å². The first-order valence-electron chi connectivity index (χ1n) is 7.70. The Morgan fingerprint density at radius 1 is 1.19 bits per heavy atom. The summed E-state index contributed by atoms with van der Waals surface area (Å²) in [5, 5.41) is 8.00. The maximum atomic E-state index is 5.49. The molecule has 0 spiro atoms. The van der Waals surface area contributed by atoms with E-state index in [1.54, 1.807) is 0 Å². The highest BCUT2D eigenvalue weighted by atomic mass is 16.5. The number of ether oxygens (including phenoxy) is 1. The summed E-state index contributed by atoms with van der Waals surface area (Å²) in [4.78, 5) is 0. The molecular weight excluding hydrogens is 264 g/mol. The van der Waals surface area contributed by atoms with E-state index in [4.69, 9.17) is 9.26 Å². The fourth-order valence-electron chi connectivity index (χ4n) is 3.05. The number of hydrogen-bond acceptors (Lipinski definition) is 4. The highest BCUT2D eigenvalue weighted by molar-refractivity contribution is 5.56. The van der Waals surface area contributed by atoms with Gasteiger partial charge in [0.15, 0.2) is 5.76 Å². The van der Waals surface area contributed by atoms with Crippen molar-refractivity contribution in [1.29, 1.82) is 0 Å². The predicted octanol–water partition coefficient (Wildman–Crippen LogP) is 2.80. The van der Waals surface area contributed by atoms with Crippen molar-refractivity contribution in [1.82, 2.24) is 10.5 Å². The maximum Gasteiger partial charge on any atom is 0.167 e. The molecule has 1 aliphatic heterocycles. The summed E-state index contributed by atoms with van der Waals surface area (Å²) in [6.07, 6.45) is 4.79. The lowest BCUT2D eigenvalue weighted by atomic mass is 9.85. The number of aromatic nitrogens is 1. The third-order valence-corrected chi connectivity index (χ3v) is 4.51. The van der Waals surface area contributed by atoms with Gasteiger partial charge in [0, 0.05) is 24.1 Å². The molecule has 2 aromatic rings. The van der Waals surface area contributed by atoms with E-state index in [1.807, 2.05) is 30.3 Å². The van der Waals surface area contributed by atoms with E-state index in [9.17, 15) is 0 Å². The van der Waals surface area contributed by atoms with Gasteiger partial charge in [0.2, 0.25) is 0 Å². The fourth-order valence-corrected chi connectivity index (χ4v) is 3.05. The van der Waals surface area contributed by atoms with Crippen molar-refractivity contribution in [3.8, 4) is 11.3 Å². The molecule has 0 radical (unpaired) electrons. The molecule has 1 N–H and O–H groups in total. The van der Waals surface area contributed by atoms with Crippen LogP contribution in [-0.2, 0) is 11.2 Å². The van der Waals surface area contributed by atoms with Crippen molar-refractivity contribution in [3.63, 3.8) is 0 Å². The van der Waals surface area contributed by atoms with Crippen LogP contribution in [0.15, 0.2) is 40.9 Å². The van der Waals surface area contributed by atoms with Crippen molar-refractivity contribution in [2.24, 2.45) is 0 Å². The molecule has 2 aliphatic rings. The molecule has 1 aromatic carbocycles. The van der Waals surface area contributed by atoms with Gasteiger partial charge in [-0.1, -0.05) is 41.9 Å². The summed E-state index contributed by atoms with van der Waals surface area (Å²) in [5.74, 6) is 0.838. The molecule has 0 amide bonds. The monoisotopic (exact) mass is 284 g/mol. The molecule has 2 heterocycles. The van der Waals surface area contributed by atoms with Gasteiger partial charge in [0.05, 0.1) is 24.4 Å². The molecule has 4 heteroatoms. The molecule has 0 unspecified atom stereocenters. The SMILES string of the molecule is c1ccc(-c2cc(CC3(NC4CCC4)COC3)no2)cc1. The number of benzene rings is 1. The summed E-state index contributed by atoms with van der Waals surface area (Å²) < 4.78 is 10.9. The van der Waals surface area contributed by atoms with E-state index < -0.39 is 0 Å². The van der Waals surface area contributed by atoms with Crippen LogP contribution in [0.25, 0.3) is 11.3 Å². The number of nitrogens with one attached hydrogen (secondary N) is 1. The Labute approximate surface area is 124 Å². The smallest absolute Gasteiger partial charge is 0.167 e. The van der Waals surface area contributed by atoms with E-state index in [0.717, 1.165) is 36.7 Å². The lowest BCUT2D eigenvalue weighted by Crippen LogP contribution is -2.65. The lowest BCUT2D eigenvalue weighted by Gasteiger charge is -2.46. The standard InChI is InChI=1S/C17H20N2O2/c1-2-5-13(6-3-1)16-9-15(19-21-16)10-17(11-20-12-17)18-14-7-4-8-14/h1-3,5-6,9,14,18H,4,7-8,10-12H2. The summed E-state index contributed by atoms with van der Waals surface area (Å²) in [6.45, 7) is 1.55. The normalized spacial score (nSPS) is 20.8. The van der Waals surface area contributed by atoms with Gasteiger partial charge in [-0.05, 0) is 12.8 Å². The molecule has 21 heavy (non-hydrogen) atoms. The van der Waals surface area contributed by atoms with Gasteiger partial charge in [0.25, 0.3) is 0 Å². The molecule has 4 nitrogen and oxygen atoms in total. The summed E-state index contributed by atoms with van der Waals surface area (Å²) in [7, 11) is 0. The van der Waals surface area contributed by atoms with Crippen LogP contribution in [0.1, 0.15) is 25.0 Å². The van der Waals surface area contributed by atoms with Crippen molar-refractivity contribution in [3.05, 3.63) is 42.1 Å². The van der Waals surface area contributed by atoms with E-state index in [-0.39, 0.29) is 5.54 Å². The van der Waals surface area contributed by atoms with Gasteiger partial charge in [0.1, 0.15) is 0 Å². The van der Waals surface area contributed by atoms with Crippen LogP contribution in [0.4, 0.5) is 0 Å². The number of nitrogens with zero attached hydrogens (tertiary/aromatic N) is 1. The third-order valence-electron chi connectivity index (χ3n) is 4.51. The van der Waals surface area contributed by atoms with Crippen LogP contribution in [0.2, 0.25) is 0 Å². The van der Waals surface area contributed by atoms with Crippen molar-refractivity contribution in [2.75, 3.05) is 13.2 Å². The molecule has 110 valence electrons. The minimum Gasteiger partial charge on any atom is -0.377 e. The van der Waals surface area contributed by atoms with E-state index in [0.29, 0.717) is 6.04 Å². The first kappa shape index (κ1) is 13.0. The highest BCUT2D eigenvalue weighted by Crippen LogP contribution is 2.29. The Hall–Kier alpha value is -1.65. The Morgan fingerprint density at radius 2 is 2.00 bits per heavy atom. The van der Waals surface area contributed by atoms with Crippen LogP contribution in [-0.4, -0.2) is 30.0 Å². The first-order chi connectivity index (χ1) is 10.3. The summed E-state index contributed by atoms with van der Waals surface area (Å²) >= 11 is 0. The van der Waals surface area contributed by atoms with Gasteiger partial charge in [-0.25, -0.2) is 0 Å². The maximum absolute atomic E-state index is 5.49. The summed E-state index contributed by atoms with van der Waals surface area (Å²) in [5.41, 5.74) is 2.14. The van der Waals surface area contributed by atoms with E-state index in [2.05, 4.69) is 16.5 Å². The molecule has 0 bridgehead atoms. The average molecular weight is 284 g/mol. The van der Waals surface area contributed by atoms with Crippen LogP contribution in [0, 0.1) is 0 Å². The minimum atomic E-state index is 0.0654. The third kappa shape index (κ3) is 2.61. The van der Waals surface area contributed by atoms with E-state index >= 15 is 0 Å². The number of rotatable bonds is 5. The molecule has 4 rings (SSSR count). The van der Waals surface area contributed by atoms with Gasteiger partial charge >= 0.3 is 0 Å². The minimum absolute atomic E-state index is 0.0654. The largest absolute Gasteiger partial charge is 0.377 e. The fraction of sp³-hybridized carbons (Fsp3) is 0.471. The van der Waals surface area contributed by atoms with Crippen LogP contribution in [0.5, 0.6) is 0 Å². The Balaban J connectivity index is 1.48. The zero-order chi connectivity index (χ0) is 14.1. The molecular formula is C17H20N2O2. The van der Waals surface area contributed by atoms with Crippen molar-refractivity contribution >= 4 is 0 Å².